The van der Waals surface area contributed by atoms with Gasteiger partial charge in [0, 0.05) is 32.1 Å². The Kier molecular flexibility index (Phi) is 8.49. The Labute approximate surface area is 186 Å². The molecule has 0 bridgehead atoms. The quantitative estimate of drug-likeness (QED) is 0.487. The van der Waals surface area contributed by atoms with Crippen LogP contribution < -0.4 is 10.6 Å². The van der Waals surface area contributed by atoms with Gasteiger partial charge in [0.1, 0.15) is 0 Å². The lowest BCUT2D eigenvalue weighted by Crippen LogP contribution is -2.44. The molecule has 3 rings (SSSR count). The first-order valence-electron chi connectivity index (χ1n) is 11.0. The lowest BCUT2D eigenvalue weighted by molar-refractivity contribution is 0.275. The van der Waals surface area contributed by atoms with Gasteiger partial charge in [0.25, 0.3) is 0 Å². The summed E-state index contributed by atoms with van der Waals surface area (Å²) in [5.74, 6) is 1.45. The molecule has 0 spiro atoms. The molecule has 1 saturated heterocycles. The molecule has 0 amide bonds. The average Bonchev–Trinajstić information content (AvgIpc) is 2.78. The second-order valence-corrected chi connectivity index (χ2v) is 10.1. The standard InChI is InChI=1S/C24H34N4O2S/c1-3-25-24(26-18-20-14-16-28(17-15-20)31(2,29)30)27-19-23(21-10-6-4-7-11-21)22-12-8-5-9-13-22/h4-13,20,23H,3,14-19H2,1-2H3,(H2,25,26,27). The molecule has 6 nitrogen and oxygen atoms in total. The third-order valence-corrected chi connectivity index (χ3v) is 7.08. The fourth-order valence-corrected chi connectivity index (χ4v) is 4.86. The fourth-order valence-electron chi connectivity index (χ4n) is 3.98. The van der Waals surface area contributed by atoms with Crippen molar-refractivity contribution in [3.05, 3.63) is 71.8 Å². The molecule has 0 saturated carbocycles. The Morgan fingerprint density at radius 3 is 2.03 bits per heavy atom. The highest BCUT2D eigenvalue weighted by atomic mass is 32.2. The van der Waals surface area contributed by atoms with Gasteiger partial charge in [-0.25, -0.2) is 12.7 Å². The lowest BCUT2D eigenvalue weighted by Gasteiger charge is -2.30. The Hall–Kier alpha value is -2.38. The number of guanidine groups is 1. The molecule has 0 unspecified atom stereocenters. The molecule has 2 aromatic rings. The number of aliphatic imine (C=N–C) groups is 1. The van der Waals surface area contributed by atoms with Gasteiger partial charge in [-0.3, -0.25) is 4.99 Å². The molecule has 7 heteroatoms. The van der Waals surface area contributed by atoms with Gasteiger partial charge in [-0.1, -0.05) is 60.7 Å². The summed E-state index contributed by atoms with van der Waals surface area (Å²) in [6.45, 7) is 5.50. The molecule has 31 heavy (non-hydrogen) atoms. The minimum absolute atomic E-state index is 0.191. The zero-order valence-electron chi connectivity index (χ0n) is 18.5. The van der Waals surface area contributed by atoms with Crippen LogP contribution in [-0.4, -0.2) is 57.7 Å². The normalized spacial score (nSPS) is 16.4. The average molecular weight is 443 g/mol. The highest BCUT2D eigenvalue weighted by Crippen LogP contribution is 2.25. The predicted octanol–water partition coefficient (Wildman–Crippen LogP) is 3.05. The van der Waals surface area contributed by atoms with E-state index in [2.05, 4.69) is 66.1 Å². The molecule has 0 aliphatic carbocycles. The summed E-state index contributed by atoms with van der Waals surface area (Å²) in [7, 11) is -3.08. The van der Waals surface area contributed by atoms with Crippen LogP contribution in [-0.2, 0) is 10.0 Å². The van der Waals surface area contributed by atoms with Crippen LogP contribution in [0.3, 0.4) is 0 Å². The molecule has 0 atom stereocenters. The Balaban J connectivity index is 1.64. The molecule has 2 N–H and O–H groups in total. The number of piperidine rings is 1. The lowest BCUT2D eigenvalue weighted by atomic mass is 9.91. The predicted molar refractivity (Wildman–Crippen MR) is 128 cm³/mol. The van der Waals surface area contributed by atoms with Crippen molar-refractivity contribution in [1.29, 1.82) is 0 Å². The number of rotatable bonds is 8. The van der Waals surface area contributed by atoms with E-state index in [4.69, 9.17) is 4.99 Å². The second kappa shape index (κ2) is 11.3. The summed E-state index contributed by atoms with van der Waals surface area (Å²) in [4.78, 5) is 4.89. The molecule has 0 aromatic heterocycles. The summed E-state index contributed by atoms with van der Waals surface area (Å²) in [6.07, 6.45) is 3.03. The van der Waals surface area contributed by atoms with Gasteiger partial charge < -0.3 is 10.6 Å². The number of benzene rings is 2. The molecule has 1 aliphatic heterocycles. The highest BCUT2D eigenvalue weighted by molar-refractivity contribution is 7.88. The first-order chi connectivity index (χ1) is 15.0. The molecule has 0 radical (unpaired) electrons. The first kappa shape index (κ1) is 23.3. The largest absolute Gasteiger partial charge is 0.357 e. The molecule has 1 heterocycles. The van der Waals surface area contributed by atoms with Crippen molar-refractivity contribution < 1.29 is 8.42 Å². The van der Waals surface area contributed by atoms with E-state index in [0.717, 1.165) is 31.9 Å². The summed E-state index contributed by atoms with van der Waals surface area (Å²) in [5.41, 5.74) is 2.50. The molecule has 2 aromatic carbocycles. The van der Waals surface area contributed by atoms with E-state index in [9.17, 15) is 8.42 Å². The van der Waals surface area contributed by atoms with Crippen molar-refractivity contribution in [2.75, 3.05) is 39.0 Å². The zero-order chi connectivity index (χ0) is 22.1. The van der Waals surface area contributed by atoms with E-state index in [1.807, 2.05) is 12.1 Å². The van der Waals surface area contributed by atoms with Gasteiger partial charge >= 0.3 is 0 Å². The van der Waals surface area contributed by atoms with E-state index in [1.54, 1.807) is 4.31 Å². The number of sulfonamides is 1. The van der Waals surface area contributed by atoms with Gasteiger partial charge in [0.2, 0.25) is 10.0 Å². The zero-order valence-corrected chi connectivity index (χ0v) is 19.3. The van der Waals surface area contributed by atoms with Crippen molar-refractivity contribution in [2.24, 2.45) is 10.9 Å². The van der Waals surface area contributed by atoms with E-state index < -0.39 is 10.0 Å². The van der Waals surface area contributed by atoms with Crippen LogP contribution in [0.5, 0.6) is 0 Å². The van der Waals surface area contributed by atoms with Crippen LogP contribution in [0.1, 0.15) is 36.8 Å². The van der Waals surface area contributed by atoms with Crippen LogP contribution in [0.25, 0.3) is 0 Å². The molecule has 1 aliphatic rings. The van der Waals surface area contributed by atoms with Gasteiger partial charge in [0.05, 0.1) is 12.8 Å². The smallest absolute Gasteiger partial charge is 0.211 e. The summed E-state index contributed by atoms with van der Waals surface area (Å²) in [5, 5.41) is 6.82. The fraction of sp³-hybridized carbons (Fsp3) is 0.458. The number of hydrogen-bond acceptors (Lipinski definition) is 3. The van der Waals surface area contributed by atoms with Crippen molar-refractivity contribution in [2.45, 2.75) is 25.7 Å². The minimum atomic E-state index is -3.08. The summed E-state index contributed by atoms with van der Waals surface area (Å²) >= 11 is 0. The highest BCUT2D eigenvalue weighted by Gasteiger charge is 2.24. The summed E-state index contributed by atoms with van der Waals surface area (Å²) in [6, 6.07) is 21.0. The monoisotopic (exact) mass is 442 g/mol. The Morgan fingerprint density at radius 1 is 1.00 bits per heavy atom. The Bertz CT molecular complexity index is 885. The van der Waals surface area contributed by atoms with Crippen LogP contribution in [0.4, 0.5) is 0 Å². The van der Waals surface area contributed by atoms with Crippen LogP contribution >= 0.6 is 0 Å². The van der Waals surface area contributed by atoms with Crippen LogP contribution in [0, 0.1) is 5.92 Å². The van der Waals surface area contributed by atoms with Crippen molar-refractivity contribution in [3.8, 4) is 0 Å². The second-order valence-electron chi connectivity index (χ2n) is 8.08. The molecule has 1 fully saturated rings. The van der Waals surface area contributed by atoms with E-state index >= 15 is 0 Å². The number of nitrogens with zero attached hydrogens (tertiary/aromatic N) is 2. The topological polar surface area (TPSA) is 73.8 Å². The van der Waals surface area contributed by atoms with E-state index in [-0.39, 0.29) is 5.92 Å². The summed E-state index contributed by atoms with van der Waals surface area (Å²) < 4.78 is 25.0. The minimum Gasteiger partial charge on any atom is -0.357 e. The molecule has 168 valence electrons. The molecular weight excluding hydrogens is 408 g/mol. The van der Waals surface area contributed by atoms with Crippen molar-refractivity contribution in [3.63, 3.8) is 0 Å². The molecular formula is C24H34N4O2S. The van der Waals surface area contributed by atoms with Gasteiger partial charge in [-0.2, -0.15) is 0 Å². The van der Waals surface area contributed by atoms with Crippen molar-refractivity contribution in [1.82, 2.24) is 14.9 Å². The maximum Gasteiger partial charge on any atom is 0.211 e. The number of nitrogens with one attached hydrogen (secondary N) is 2. The van der Waals surface area contributed by atoms with Gasteiger partial charge in [-0.05, 0) is 36.8 Å². The SMILES string of the molecule is CCNC(=NCC(c1ccccc1)c1ccccc1)NCC1CCN(S(C)(=O)=O)CC1. The van der Waals surface area contributed by atoms with Gasteiger partial charge in [-0.15, -0.1) is 0 Å². The van der Waals surface area contributed by atoms with E-state index in [1.165, 1.54) is 17.4 Å². The maximum absolute atomic E-state index is 11.7. The van der Waals surface area contributed by atoms with Crippen LogP contribution in [0.2, 0.25) is 0 Å². The third kappa shape index (κ3) is 7.08. The van der Waals surface area contributed by atoms with E-state index in [0.29, 0.717) is 25.6 Å². The number of hydrogen-bond donors (Lipinski definition) is 2. The first-order valence-corrected chi connectivity index (χ1v) is 12.9. The van der Waals surface area contributed by atoms with Gasteiger partial charge in [0.15, 0.2) is 5.96 Å². The van der Waals surface area contributed by atoms with Crippen molar-refractivity contribution >= 4 is 16.0 Å². The third-order valence-electron chi connectivity index (χ3n) is 5.78. The Morgan fingerprint density at radius 2 is 1.55 bits per heavy atom. The maximum atomic E-state index is 11.7. The van der Waals surface area contributed by atoms with Crippen LogP contribution in [0.15, 0.2) is 65.7 Å².